The van der Waals surface area contributed by atoms with Gasteiger partial charge in [-0.3, -0.25) is 4.79 Å². The molecule has 98 valence electrons. The Morgan fingerprint density at radius 1 is 1.33 bits per heavy atom. The first-order valence-corrected chi connectivity index (χ1v) is 6.96. The number of carbonyl (C=O) groups excluding carboxylic acids is 1. The summed E-state index contributed by atoms with van der Waals surface area (Å²) >= 11 is 5.57. The van der Waals surface area contributed by atoms with Crippen molar-refractivity contribution < 1.29 is 9.69 Å². The van der Waals surface area contributed by atoms with Gasteiger partial charge in [-0.1, -0.05) is 24.3 Å². The number of halogens is 1. The quantitative estimate of drug-likeness (QED) is 0.791. The molecular weight excluding hydrogens is 248 g/mol. The third-order valence-electron chi connectivity index (χ3n) is 3.64. The molecular formula is C14H20ClN2O+. The predicted molar refractivity (Wildman–Crippen MR) is 72.9 cm³/mol. The Labute approximate surface area is 113 Å². The van der Waals surface area contributed by atoms with E-state index in [9.17, 15) is 4.79 Å². The Morgan fingerprint density at radius 3 is 2.61 bits per heavy atom. The fourth-order valence-corrected chi connectivity index (χ4v) is 2.58. The topological polar surface area (TPSA) is 24.8 Å². The molecule has 2 rings (SSSR count). The Morgan fingerprint density at radius 2 is 2.00 bits per heavy atom. The lowest BCUT2D eigenvalue weighted by atomic mass is 10.1. The van der Waals surface area contributed by atoms with Gasteiger partial charge < -0.3 is 9.80 Å². The number of nitrogens with zero attached hydrogens (tertiary/aromatic N) is 1. The molecule has 1 aliphatic rings. The van der Waals surface area contributed by atoms with Gasteiger partial charge in [-0.15, -0.1) is 11.6 Å². The van der Waals surface area contributed by atoms with Crippen LogP contribution in [0.1, 0.15) is 11.1 Å². The number of hydrogen-bond donors (Lipinski definition) is 1. The summed E-state index contributed by atoms with van der Waals surface area (Å²) in [5.74, 6) is 0.166. The van der Waals surface area contributed by atoms with Gasteiger partial charge in [0, 0.05) is 5.56 Å². The molecule has 0 unspecified atom stereocenters. The molecule has 1 aliphatic heterocycles. The zero-order chi connectivity index (χ0) is 13.0. The van der Waals surface area contributed by atoms with Crippen LogP contribution in [0.4, 0.5) is 0 Å². The number of hydrogen-bond acceptors (Lipinski definition) is 1. The Kier molecular flexibility index (Phi) is 4.61. The van der Waals surface area contributed by atoms with E-state index in [1.54, 1.807) is 4.90 Å². The Hall–Kier alpha value is -1.06. The number of nitrogens with one attached hydrogen (secondary N) is 1. The molecule has 0 bridgehead atoms. The van der Waals surface area contributed by atoms with Gasteiger partial charge in [-0.25, -0.2) is 0 Å². The summed E-state index contributed by atoms with van der Waals surface area (Å²) in [5.41, 5.74) is 2.76. The van der Waals surface area contributed by atoms with E-state index in [1.807, 2.05) is 4.90 Å². The van der Waals surface area contributed by atoms with E-state index in [1.165, 1.54) is 11.1 Å². The predicted octanol–water partition coefficient (Wildman–Crippen LogP) is 0.461. The normalized spacial score (nSPS) is 16.9. The molecule has 1 fully saturated rings. The van der Waals surface area contributed by atoms with Crippen LogP contribution >= 0.6 is 11.6 Å². The van der Waals surface area contributed by atoms with Crippen molar-refractivity contribution in [3.05, 3.63) is 35.4 Å². The van der Waals surface area contributed by atoms with Crippen molar-refractivity contribution in [2.24, 2.45) is 0 Å². The highest BCUT2D eigenvalue weighted by Gasteiger charge is 2.23. The van der Waals surface area contributed by atoms with Gasteiger partial charge in [-0.2, -0.15) is 0 Å². The molecule has 0 spiro atoms. The number of quaternary nitrogens is 1. The molecule has 1 amide bonds. The molecule has 0 aromatic heterocycles. The second-order valence-corrected chi connectivity index (χ2v) is 5.13. The molecule has 1 aromatic rings. The van der Waals surface area contributed by atoms with Crippen LogP contribution in [0.2, 0.25) is 0 Å². The second kappa shape index (κ2) is 6.21. The first-order valence-electron chi connectivity index (χ1n) is 6.42. The number of amides is 1. The molecule has 1 N–H and O–H groups in total. The molecule has 1 aromatic carbocycles. The fourth-order valence-electron chi connectivity index (χ4n) is 2.41. The minimum Gasteiger partial charge on any atom is -0.330 e. The van der Waals surface area contributed by atoms with Gasteiger partial charge in [0.1, 0.15) is 12.4 Å². The van der Waals surface area contributed by atoms with Crippen LogP contribution in [-0.2, 0) is 11.3 Å². The molecule has 0 saturated carbocycles. The van der Waals surface area contributed by atoms with Crippen molar-refractivity contribution in [3.8, 4) is 0 Å². The summed E-state index contributed by atoms with van der Waals surface area (Å²) in [6, 6.07) is 8.51. The summed E-state index contributed by atoms with van der Waals surface area (Å²) in [6.07, 6.45) is 0. The van der Waals surface area contributed by atoms with Gasteiger partial charge >= 0.3 is 0 Å². The fraction of sp³-hybridized carbons (Fsp3) is 0.500. The highest BCUT2D eigenvalue weighted by Crippen LogP contribution is 2.05. The van der Waals surface area contributed by atoms with Crippen molar-refractivity contribution >= 4 is 17.5 Å². The molecule has 0 atom stereocenters. The number of carbonyl (C=O) groups is 1. The van der Waals surface area contributed by atoms with Crippen molar-refractivity contribution in [3.63, 3.8) is 0 Å². The smallest absolute Gasteiger partial charge is 0.237 e. The van der Waals surface area contributed by atoms with Crippen molar-refractivity contribution in [1.29, 1.82) is 0 Å². The van der Waals surface area contributed by atoms with Gasteiger partial charge in [-0.05, 0) is 12.5 Å². The maximum absolute atomic E-state index is 11.5. The summed E-state index contributed by atoms with van der Waals surface area (Å²) in [7, 11) is 0. The maximum Gasteiger partial charge on any atom is 0.237 e. The highest BCUT2D eigenvalue weighted by molar-refractivity contribution is 6.27. The second-order valence-electron chi connectivity index (χ2n) is 4.87. The lowest BCUT2D eigenvalue weighted by molar-refractivity contribution is -0.917. The lowest BCUT2D eigenvalue weighted by Gasteiger charge is -2.32. The molecule has 3 nitrogen and oxygen atoms in total. The van der Waals surface area contributed by atoms with Crippen LogP contribution in [0.25, 0.3) is 0 Å². The molecule has 0 radical (unpaired) electrons. The summed E-state index contributed by atoms with van der Waals surface area (Å²) in [5, 5.41) is 0. The van der Waals surface area contributed by atoms with E-state index in [0.29, 0.717) is 0 Å². The summed E-state index contributed by atoms with van der Waals surface area (Å²) < 4.78 is 0. The van der Waals surface area contributed by atoms with Crippen LogP contribution in [0.5, 0.6) is 0 Å². The van der Waals surface area contributed by atoms with E-state index >= 15 is 0 Å². The zero-order valence-corrected chi connectivity index (χ0v) is 11.5. The van der Waals surface area contributed by atoms with E-state index in [0.717, 1.165) is 32.7 Å². The van der Waals surface area contributed by atoms with Crippen LogP contribution in [-0.4, -0.2) is 42.9 Å². The number of alkyl halides is 1. The molecule has 0 aliphatic carbocycles. The van der Waals surface area contributed by atoms with Gasteiger partial charge in [0.05, 0.1) is 26.2 Å². The van der Waals surface area contributed by atoms with Crippen molar-refractivity contribution in [2.45, 2.75) is 13.5 Å². The van der Waals surface area contributed by atoms with Crippen molar-refractivity contribution in [1.82, 2.24) is 4.90 Å². The monoisotopic (exact) mass is 267 g/mol. The largest absolute Gasteiger partial charge is 0.330 e. The van der Waals surface area contributed by atoms with Crippen LogP contribution in [0.15, 0.2) is 24.3 Å². The Balaban J connectivity index is 1.87. The standard InChI is InChI=1S/C14H19ClN2O/c1-12-4-2-3-5-13(12)11-16-6-8-17(9-7-16)14(18)10-15/h2-5H,6-11H2,1H3/p+1. The third kappa shape index (κ3) is 3.24. The lowest BCUT2D eigenvalue weighted by Crippen LogP contribution is -3.13. The number of aryl methyl sites for hydroxylation is 1. The maximum atomic E-state index is 11.5. The summed E-state index contributed by atoms with van der Waals surface area (Å²) in [6.45, 7) is 6.88. The minimum atomic E-state index is 0.0617. The van der Waals surface area contributed by atoms with Crippen LogP contribution in [0.3, 0.4) is 0 Å². The van der Waals surface area contributed by atoms with Gasteiger partial charge in [0.2, 0.25) is 5.91 Å². The highest BCUT2D eigenvalue weighted by atomic mass is 35.5. The van der Waals surface area contributed by atoms with Gasteiger partial charge in [0.15, 0.2) is 0 Å². The number of rotatable bonds is 3. The van der Waals surface area contributed by atoms with E-state index in [2.05, 4.69) is 31.2 Å². The molecule has 4 heteroatoms. The Bertz CT molecular complexity index is 414. The minimum absolute atomic E-state index is 0.0617. The first-order chi connectivity index (χ1) is 8.70. The number of benzene rings is 1. The van der Waals surface area contributed by atoms with E-state index in [-0.39, 0.29) is 11.8 Å². The molecule has 1 heterocycles. The number of piperazine rings is 1. The summed E-state index contributed by atoms with van der Waals surface area (Å²) in [4.78, 5) is 14.9. The van der Waals surface area contributed by atoms with Crippen LogP contribution in [0, 0.1) is 6.92 Å². The zero-order valence-electron chi connectivity index (χ0n) is 10.8. The van der Waals surface area contributed by atoms with Gasteiger partial charge in [0.25, 0.3) is 0 Å². The third-order valence-corrected chi connectivity index (χ3v) is 3.87. The molecule has 1 saturated heterocycles. The van der Waals surface area contributed by atoms with Crippen LogP contribution < -0.4 is 4.90 Å². The van der Waals surface area contributed by atoms with Crippen molar-refractivity contribution in [2.75, 3.05) is 32.1 Å². The van der Waals surface area contributed by atoms with E-state index in [4.69, 9.17) is 11.6 Å². The first kappa shape index (κ1) is 13.4. The SMILES string of the molecule is Cc1ccccc1C[NH+]1CCN(C(=O)CCl)CC1. The average Bonchev–Trinajstić information content (AvgIpc) is 2.41. The average molecular weight is 268 g/mol. The molecule has 18 heavy (non-hydrogen) atoms. The van der Waals surface area contributed by atoms with E-state index < -0.39 is 0 Å².